The van der Waals surface area contributed by atoms with E-state index in [0.717, 1.165) is 23.1 Å². The molecule has 142 valence electrons. The van der Waals surface area contributed by atoms with Gasteiger partial charge < -0.3 is 10.3 Å². The molecule has 0 aliphatic carbocycles. The maximum atomic E-state index is 13.7. The number of aromatic amines is 1. The molecule has 5 nitrogen and oxygen atoms in total. The Kier molecular flexibility index (Phi) is 4.73. The number of carbonyl (C=O) groups excluding carboxylic acids is 1. The van der Waals surface area contributed by atoms with E-state index in [-0.39, 0.29) is 23.6 Å². The number of alkyl halides is 3. The van der Waals surface area contributed by atoms with Gasteiger partial charge in [-0.05, 0) is 30.7 Å². The lowest BCUT2D eigenvalue weighted by atomic mass is 10.1. The molecule has 0 unspecified atom stereocenters. The van der Waals surface area contributed by atoms with Crippen LogP contribution in [0.15, 0.2) is 36.6 Å². The SMILES string of the molecule is Cc1nc(C2=CC=CN(C(=O)Nc3c(F)cccc3F)C2)c(C(F)(F)F)[nH]1. The van der Waals surface area contributed by atoms with Crippen LogP contribution in [0.1, 0.15) is 17.2 Å². The van der Waals surface area contributed by atoms with Gasteiger partial charge in [-0.25, -0.2) is 18.6 Å². The molecule has 0 spiro atoms. The van der Waals surface area contributed by atoms with E-state index in [0.29, 0.717) is 0 Å². The van der Waals surface area contributed by atoms with Crippen molar-refractivity contribution < 1.29 is 26.7 Å². The fourth-order valence-corrected chi connectivity index (χ4v) is 2.57. The van der Waals surface area contributed by atoms with Gasteiger partial charge in [-0.2, -0.15) is 13.2 Å². The predicted octanol–water partition coefficient (Wildman–Crippen LogP) is 4.46. The molecule has 2 N–H and O–H groups in total. The van der Waals surface area contributed by atoms with E-state index in [1.165, 1.54) is 25.3 Å². The van der Waals surface area contributed by atoms with Crippen molar-refractivity contribution >= 4 is 17.3 Å². The first-order valence-electron chi connectivity index (χ1n) is 7.70. The highest BCUT2D eigenvalue weighted by atomic mass is 19.4. The molecule has 0 saturated heterocycles. The Morgan fingerprint density at radius 1 is 1.26 bits per heavy atom. The number of nitrogens with one attached hydrogen (secondary N) is 2. The Morgan fingerprint density at radius 2 is 1.93 bits per heavy atom. The summed E-state index contributed by atoms with van der Waals surface area (Å²) >= 11 is 0. The first-order chi connectivity index (χ1) is 12.7. The normalized spacial score (nSPS) is 14.3. The van der Waals surface area contributed by atoms with Crippen molar-refractivity contribution in [2.24, 2.45) is 0 Å². The monoisotopic (exact) mass is 384 g/mol. The Balaban J connectivity index is 1.82. The second kappa shape index (κ2) is 6.86. The van der Waals surface area contributed by atoms with Gasteiger partial charge in [0.2, 0.25) is 0 Å². The highest BCUT2D eigenvalue weighted by Gasteiger charge is 2.37. The Morgan fingerprint density at radius 3 is 2.56 bits per heavy atom. The van der Waals surface area contributed by atoms with Gasteiger partial charge in [0.05, 0.1) is 12.2 Å². The van der Waals surface area contributed by atoms with Crippen molar-refractivity contribution in [3.63, 3.8) is 0 Å². The van der Waals surface area contributed by atoms with Gasteiger partial charge in [0.15, 0.2) is 0 Å². The van der Waals surface area contributed by atoms with Crippen LogP contribution in [0.3, 0.4) is 0 Å². The number of amides is 2. The minimum atomic E-state index is -4.65. The number of anilines is 1. The molecule has 27 heavy (non-hydrogen) atoms. The molecule has 2 heterocycles. The molecule has 2 amide bonds. The van der Waals surface area contributed by atoms with E-state index in [1.807, 2.05) is 0 Å². The summed E-state index contributed by atoms with van der Waals surface area (Å²) in [5.74, 6) is -1.87. The second-order valence-electron chi connectivity index (χ2n) is 5.73. The molecular formula is C17H13F5N4O. The van der Waals surface area contributed by atoms with Gasteiger partial charge >= 0.3 is 12.2 Å². The summed E-state index contributed by atoms with van der Waals surface area (Å²) in [6.07, 6.45) is -0.634. The number of hydrogen-bond donors (Lipinski definition) is 2. The number of allylic oxidation sites excluding steroid dienone is 2. The van der Waals surface area contributed by atoms with Gasteiger partial charge in [-0.1, -0.05) is 12.1 Å². The molecule has 0 fully saturated rings. The fourth-order valence-electron chi connectivity index (χ4n) is 2.57. The number of aryl methyl sites for hydroxylation is 1. The van der Waals surface area contributed by atoms with Gasteiger partial charge in [-0.3, -0.25) is 4.90 Å². The molecule has 0 radical (unpaired) electrons. The third-order valence-electron chi connectivity index (χ3n) is 3.77. The third-order valence-corrected chi connectivity index (χ3v) is 3.77. The lowest BCUT2D eigenvalue weighted by Gasteiger charge is -2.23. The van der Waals surface area contributed by atoms with E-state index in [4.69, 9.17) is 0 Å². The van der Waals surface area contributed by atoms with Crippen LogP contribution >= 0.6 is 0 Å². The van der Waals surface area contributed by atoms with E-state index in [9.17, 15) is 26.7 Å². The van der Waals surface area contributed by atoms with Crippen molar-refractivity contribution in [2.45, 2.75) is 13.1 Å². The van der Waals surface area contributed by atoms with E-state index < -0.39 is 35.2 Å². The molecule has 1 aromatic heterocycles. The van der Waals surface area contributed by atoms with Crippen molar-refractivity contribution in [3.05, 3.63) is 65.4 Å². The van der Waals surface area contributed by atoms with Crippen LogP contribution in [0.25, 0.3) is 5.57 Å². The Bertz CT molecular complexity index is 925. The maximum absolute atomic E-state index is 13.7. The van der Waals surface area contributed by atoms with Crippen molar-refractivity contribution in [1.82, 2.24) is 14.9 Å². The minimum Gasteiger partial charge on any atom is -0.338 e. The van der Waals surface area contributed by atoms with Crippen LogP contribution < -0.4 is 5.32 Å². The fraction of sp³-hybridized carbons (Fsp3) is 0.176. The standard InChI is InChI=1S/C17H13F5N4O/c1-9-23-13(15(24-9)17(20,21)22)10-4-3-7-26(8-10)16(27)25-14-11(18)5-2-6-12(14)19/h2-7H,8H2,1H3,(H,23,24)(H,25,27). The van der Waals surface area contributed by atoms with Gasteiger partial charge in [-0.15, -0.1) is 0 Å². The zero-order chi connectivity index (χ0) is 19.8. The number of rotatable bonds is 2. The molecule has 1 aliphatic heterocycles. The van der Waals surface area contributed by atoms with Gasteiger partial charge in [0, 0.05) is 6.20 Å². The first-order valence-corrected chi connectivity index (χ1v) is 7.70. The number of benzene rings is 1. The average molecular weight is 384 g/mol. The number of hydrogen-bond acceptors (Lipinski definition) is 2. The number of para-hydroxylation sites is 1. The van der Waals surface area contributed by atoms with Crippen LogP contribution in [0.5, 0.6) is 0 Å². The van der Waals surface area contributed by atoms with Gasteiger partial charge in [0.1, 0.15) is 28.8 Å². The first kappa shape index (κ1) is 18.6. The Labute approximate surface area is 150 Å². The molecule has 2 aromatic rings. The number of aromatic nitrogens is 2. The molecule has 0 saturated carbocycles. The third kappa shape index (κ3) is 3.83. The van der Waals surface area contributed by atoms with Crippen LogP contribution in [0.2, 0.25) is 0 Å². The molecule has 0 atom stereocenters. The summed E-state index contributed by atoms with van der Waals surface area (Å²) in [7, 11) is 0. The highest BCUT2D eigenvalue weighted by molar-refractivity contribution is 5.92. The van der Waals surface area contributed by atoms with Crippen molar-refractivity contribution in [2.75, 3.05) is 11.9 Å². The van der Waals surface area contributed by atoms with Crippen LogP contribution in [0.4, 0.5) is 32.4 Å². The number of urea groups is 1. The molecular weight excluding hydrogens is 371 g/mol. The lowest BCUT2D eigenvalue weighted by molar-refractivity contribution is -0.141. The maximum Gasteiger partial charge on any atom is 0.433 e. The number of nitrogens with zero attached hydrogens (tertiary/aromatic N) is 2. The Hall–Kier alpha value is -3.17. The summed E-state index contributed by atoms with van der Waals surface area (Å²) in [6.45, 7) is 1.12. The topological polar surface area (TPSA) is 61.0 Å². The van der Waals surface area contributed by atoms with Crippen LogP contribution in [-0.4, -0.2) is 27.4 Å². The molecule has 3 rings (SSSR count). The number of imidazole rings is 1. The molecule has 1 aliphatic rings. The highest BCUT2D eigenvalue weighted by Crippen LogP contribution is 2.34. The van der Waals surface area contributed by atoms with Crippen molar-refractivity contribution in [3.8, 4) is 0 Å². The van der Waals surface area contributed by atoms with Gasteiger partial charge in [0.25, 0.3) is 0 Å². The molecule has 0 bridgehead atoms. The number of carbonyl (C=O) groups is 1. The smallest absolute Gasteiger partial charge is 0.338 e. The lowest BCUT2D eigenvalue weighted by Crippen LogP contribution is -2.33. The summed E-state index contributed by atoms with van der Waals surface area (Å²) in [5.41, 5.74) is -1.88. The van der Waals surface area contributed by atoms with Crippen LogP contribution in [0, 0.1) is 18.6 Å². The minimum absolute atomic E-state index is 0.0669. The van der Waals surface area contributed by atoms with Crippen LogP contribution in [-0.2, 0) is 6.18 Å². The number of halogens is 5. The zero-order valence-electron chi connectivity index (χ0n) is 13.9. The molecule has 10 heteroatoms. The predicted molar refractivity (Wildman–Crippen MR) is 87.5 cm³/mol. The quantitative estimate of drug-likeness (QED) is 0.751. The van der Waals surface area contributed by atoms with Crippen molar-refractivity contribution in [1.29, 1.82) is 0 Å². The zero-order valence-corrected chi connectivity index (χ0v) is 13.9. The van der Waals surface area contributed by atoms with E-state index in [2.05, 4.69) is 15.3 Å². The average Bonchev–Trinajstić information content (AvgIpc) is 3.00. The summed E-state index contributed by atoms with van der Waals surface area (Å²) in [4.78, 5) is 19.3. The second-order valence-corrected chi connectivity index (χ2v) is 5.73. The largest absolute Gasteiger partial charge is 0.433 e. The summed E-state index contributed by atoms with van der Waals surface area (Å²) in [6, 6.07) is 2.18. The molecule has 1 aromatic carbocycles. The van der Waals surface area contributed by atoms with E-state index in [1.54, 1.807) is 0 Å². The summed E-state index contributed by atoms with van der Waals surface area (Å²) in [5, 5.41) is 2.08. The van der Waals surface area contributed by atoms with E-state index >= 15 is 0 Å². The number of H-pyrrole nitrogens is 1. The summed E-state index contributed by atoms with van der Waals surface area (Å²) < 4.78 is 66.8.